The summed E-state index contributed by atoms with van der Waals surface area (Å²) in [6.45, 7) is 5.14. The number of nitrogens with zero attached hydrogens (tertiary/aromatic N) is 2. The number of carboxylic acids is 1. The lowest BCUT2D eigenvalue weighted by molar-refractivity contribution is -0.137. The zero-order valence-electron chi connectivity index (χ0n) is 16.4. The Morgan fingerprint density at radius 2 is 1.50 bits per heavy atom. The fraction of sp³-hybridized carbons (Fsp3) is 0.409. The van der Waals surface area contributed by atoms with Crippen LogP contribution in [0.3, 0.4) is 0 Å². The van der Waals surface area contributed by atoms with Gasteiger partial charge in [0.1, 0.15) is 5.75 Å². The Labute approximate surface area is 166 Å². The molecular formula is C22H30N2O4. The van der Waals surface area contributed by atoms with Gasteiger partial charge in [0, 0.05) is 38.2 Å². The predicted molar refractivity (Wildman–Crippen MR) is 109 cm³/mol. The second-order valence-corrected chi connectivity index (χ2v) is 7.02. The maximum absolute atomic E-state index is 10.9. The molecule has 0 unspecified atom stereocenters. The molecule has 0 saturated carbocycles. The average Bonchev–Trinajstić information content (AvgIpc) is 2.67. The number of aromatic hydroxyl groups is 1. The number of aryl methyl sites for hydroxylation is 1. The van der Waals surface area contributed by atoms with E-state index < -0.39 is 5.97 Å². The van der Waals surface area contributed by atoms with E-state index in [2.05, 4.69) is 24.0 Å². The standard InChI is InChI=1S/C22H30N2O4/c1-18-7-2-3-8-19(18)15-23(12-6-11-22(27)28)13-14-24(17-25)16-20-9-4-5-10-21(20)26/h2-5,7-10,25-26H,6,11-17H2,1H3,(H,27,28). The summed E-state index contributed by atoms with van der Waals surface area (Å²) in [5, 5.41) is 28.6. The van der Waals surface area contributed by atoms with Crippen LogP contribution < -0.4 is 0 Å². The molecule has 0 aliphatic carbocycles. The van der Waals surface area contributed by atoms with Gasteiger partial charge < -0.3 is 15.3 Å². The minimum Gasteiger partial charge on any atom is -0.508 e. The molecule has 0 aromatic heterocycles. The van der Waals surface area contributed by atoms with Crippen molar-refractivity contribution in [3.63, 3.8) is 0 Å². The van der Waals surface area contributed by atoms with Crippen LogP contribution in [0.5, 0.6) is 5.75 Å². The Morgan fingerprint density at radius 1 is 0.893 bits per heavy atom. The summed E-state index contributed by atoms with van der Waals surface area (Å²) < 4.78 is 0. The fourth-order valence-corrected chi connectivity index (χ4v) is 3.12. The van der Waals surface area contributed by atoms with Crippen LogP contribution in [0.4, 0.5) is 0 Å². The molecule has 2 aromatic carbocycles. The average molecular weight is 386 g/mol. The number of para-hydroxylation sites is 1. The normalized spacial score (nSPS) is 11.3. The number of phenolic OH excluding ortho intramolecular Hbond substituents is 1. The molecule has 0 fully saturated rings. The van der Waals surface area contributed by atoms with Crippen molar-refractivity contribution in [2.45, 2.75) is 32.9 Å². The number of aliphatic carboxylic acids is 1. The number of benzene rings is 2. The van der Waals surface area contributed by atoms with Gasteiger partial charge in [-0.15, -0.1) is 0 Å². The number of aliphatic hydroxyl groups excluding tert-OH is 1. The van der Waals surface area contributed by atoms with Crippen molar-refractivity contribution in [1.82, 2.24) is 9.80 Å². The molecule has 0 aliphatic rings. The number of rotatable bonds is 12. The van der Waals surface area contributed by atoms with Crippen LogP contribution in [-0.2, 0) is 17.9 Å². The maximum atomic E-state index is 10.9. The molecule has 0 radical (unpaired) electrons. The molecule has 0 saturated heterocycles. The SMILES string of the molecule is Cc1ccccc1CN(CCCC(=O)O)CCN(CO)Cc1ccccc1O. The number of aliphatic hydroxyl groups is 1. The monoisotopic (exact) mass is 386 g/mol. The zero-order valence-corrected chi connectivity index (χ0v) is 16.4. The lowest BCUT2D eigenvalue weighted by Crippen LogP contribution is -2.36. The van der Waals surface area contributed by atoms with E-state index in [1.165, 1.54) is 11.1 Å². The third-order valence-corrected chi connectivity index (χ3v) is 4.84. The summed E-state index contributed by atoms with van der Waals surface area (Å²) >= 11 is 0. The first-order valence-electron chi connectivity index (χ1n) is 9.58. The van der Waals surface area contributed by atoms with E-state index in [0.717, 1.165) is 12.1 Å². The summed E-state index contributed by atoms with van der Waals surface area (Å²) in [5.41, 5.74) is 3.20. The largest absolute Gasteiger partial charge is 0.508 e. The van der Waals surface area contributed by atoms with Crippen molar-refractivity contribution in [2.75, 3.05) is 26.4 Å². The summed E-state index contributed by atoms with van der Waals surface area (Å²) in [5.74, 6) is -0.563. The fourth-order valence-electron chi connectivity index (χ4n) is 3.12. The number of carboxylic acid groups (broad SMARTS) is 1. The number of hydrogen-bond donors (Lipinski definition) is 3. The molecule has 0 amide bonds. The van der Waals surface area contributed by atoms with Gasteiger partial charge in [0.15, 0.2) is 0 Å². The molecule has 6 nitrogen and oxygen atoms in total. The van der Waals surface area contributed by atoms with Crippen LogP contribution in [0.25, 0.3) is 0 Å². The van der Waals surface area contributed by atoms with E-state index in [4.69, 9.17) is 5.11 Å². The van der Waals surface area contributed by atoms with Crippen molar-refractivity contribution in [3.05, 3.63) is 65.2 Å². The van der Waals surface area contributed by atoms with Gasteiger partial charge in [-0.2, -0.15) is 0 Å². The second kappa shape index (κ2) is 11.4. The first-order valence-corrected chi connectivity index (χ1v) is 9.58. The van der Waals surface area contributed by atoms with Crippen LogP contribution in [0.2, 0.25) is 0 Å². The molecule has 0 spiro atoms. The number of phenols is 1. The van der Waals surface area contributed by atoms with Crippen LogP contribution in [0, 0.1) is 6.92 Å². The summed E-state index contributed by atoms with van der Waals surface area (Å²) in [6, 6.07) is 15.3. The van der Waals surface area contributed by atoms with Gasteiger partial charge in [-0.1, -0.05) is 42.5 Å². The van der Waals surface area contributed by atoms with E-state index in [9.17, 15) is 15.0 Å². The van der Waals surface area contributed by atoms with E-state index in [1.807, 2.05) is 29.2 Å². The Hall–Kier alpha value is -2.41. The van der Waals surface area contributed by atoms with E-state index >= 15 is 0 Å². The second-order valence-electron chi connectivity index (χ2n) is 7.02. The maximum Gasteiger partial charge on any atom is 0.303 e. The van der Waals surface area contributed by atoms with Crippen molar-refractivity contribution in [2.24, 2.45) is 0 Å². The molecule has 0 aliphatic heterocycles. The van der Waals surface area contributed by atoms with E-state index in [0.29, 0.717) is 32.6 Å². The molecule has 152 valence electrons. The minimum absolute atomic E-state index is 0.109. The first kappa shape index (κ1) is 21.9. The Balaban J connectivity index is 1.98. The summed E-state index contributed by atoms with van der Waals surface area (Å²) in [4.78, 5) is 14.9. The minimum atomic E-state index is -0.785. The van der Waals surface area contributed by atoms with E-state index in [-0.39, 0.29) is 18.9 Å². The third-order valence-electron chi connectivity index (χ3n) is 4.84. The van der Waals surface area contributed by atoms with Gasteiger partial charge in [-0.25, -0.2) is 0 Å². The van der Waals surface area contributed by atoms with Gasteiger partial charge in [-0.3, -0.25) is 14.6 Å². The molecule has 3 N–H and O–H groups in total. The number of carbonyl (C=O) groups is 1. The Kier molecular flexibility index (Phi) is 8.94. The molecular weight excluding hydrogens is 356 g/mol. The lowest BCUT2D eigenvalue weighted by Gasteiger charge is -2.27. The lowest BCUT2D eigenvalue weighted by atomic mass is 10.1. The van der Waals surface area contributed by atoms with Crippen molar-refractivity contribution < 1.29 is 20.1 Å². The van der Waals surface area contributed by atoms with Gasteiger partial charge >= 0.3 is 5.97 Å². The van der Waals surface area contributed by atoms with Crippen molar-refractivity contribution in [3.8, 4) is 5.75 Å². The molecule has 6 heteroatoms. The van der Waals surface area contributed by atoms with Gasteiger partial charge in [0.2, 0.25) is 0 Å². The molecule has 2 rings (SSSR count). The number of hydrogen-bond acceptors (Lipinski definition) is 5. The van der Waals surface area contributed by atoms with Crippen LogP contribution in [0.1, 0.15) is 29.5 Å². The highest BCUT2D eigenvalue weighted by Crippen LogP contribution is 2.18. The zero-order chi connectivity index (χ0) is 20.4. The molecule has 28 heavy (non-hydrogen) atoms. The highest BCUT2D eigenvalue weighted by atomic mass is 16.4. The smallest absolute Gasteiger partial charge is 0.303 e. The van der Waals surface area contributed by atoms with Crippen LogP contribution in [-0.4, -0.2) is 57.5 Å². The third kappa shape index (κ3) is 7.31. The van der Waals surface area contributed by atoms with Gasteiger partial charge in [-0.05, 0) is 37.1 Å². The van der Waals surface area contributed by atoms with Crippen LogP contribution in [0.15, 0.2) is 48.5 Å². The topological polar surface area (TPSA) is 84.2 Å². The molecule has 2 aromatic rings. The van der Waals surface area contributed by atoms with Crippen LogP contribution >= 0.6 is 0 Å². The van der Waals surface area contributed by atoms with Gasteiger partial charge in [0.25, 0.3) is 0 Å². The highest BCUT2D eigenvalue weighted by Gasteiger charge is 2.13. The highest BCUT2D eigenvalue weighted by molar-refractivity contribution is 5.66. The van der Waals surface area contributed by atoms with Gasteiger partial charge in [0.05, 0.1) is 6.73 Å². The predicted octanol–water partition coefficient (Wildman–Crippen LogP) is 2.82. The molecule has 0 heterocycles. The summed E-state index contributed by atoms with van der Waals surface area (Å²) in [7, 11) is 0. The Bertz CT molecular complexity index is 751. The quantitative estimate of drug-likeness (QED) is 0.487. The molecule has 0 atom stereocenters. The van der Waals surface area contributed by atoms with Crippen molar-refractivity contribution in [1.29, 1.82) is 0 Å². The first-order chi connectivity index (χ1) is 13.5. The molecule has 0 bridgehead atoms. The van der Waals surface area contributed by atoms with E-state index in [1.54, 1.807) is 12.1 Å². The Morgan fingerprint density at radius 3 is 2.14 bits per heavy atom. The van der Waals surface area contributed by atoms with Crippen molar-refractivity contribution >= 4 is 5.97 Å². The summed E-state index contributed by atoms with van der Waals surface area (Å²) in [6.07, 6.45) is 0.728.